The first-order chi connectivity index (χ1) is 7.74. The first-order valence-electron chi connectivity index (χ1n) is 5.30. The van der Waals surface area contributed by atoms with Gasteiger partial charge in [-0.2, -0.15) is 0 Å². The largest absolute Gasteiger partial charge is 0.397 e. The van der Waals surface area contributed by atoms with Gasteiger partial charge in [0, 0.05) is 10.8 Å². The highest BCUT2D eigenvalue weighted by molar-refractivity contribution is 5.98. The molecule has 0 aliphatic heterocycles. The third-order valence-electron chi connectivity index (χ3n) is 2.79. The molecule has 0 radical (unpaired) electrons. The van der Waals surface area contributed by atoms with Crippen molar-refractivity contribution in [1.82, 2.24) is 4.98 Å². The lowest BCUT2D eigenvalue weighted by Gasteiger charge is -2.05. The van der Waals surface area contributed by atoms with Crippen LogP contribution in [-0.2, 0) is 0 Å². The van der Waals surface area contributed by atoms with Gasteiger partial charge in [-0.25, -0.2) is 4.98 Å². The molecule has 2 nitrogen and oxygen atoms in total. The van der Waals surface area contributed by atoms with E-state index >= 15 is 0 Å². The molecule has 78 valence electrons. The van der Waals surface area contributed by atoms with Crippen molar-refractivity contribution in [2.75, 3.05) is 5.73 Å². The summed E-state index contributed by atoms with van der Waals surface area (Å²) in [5.41, 5.74) is 9.79. The van der Waals surface area contributed by atoms with E-state index in [1.54, 1.807) is 0 Å². The Morgan fingerprint density at radius 3 is 2.69 bits per heavy atom. The van der Waals surface area contributed by atoms with Crippen molar-refractivity contribution in [2.45, 2.75) is 6.92 Å². The number of benzene rings is 2. The average molecular weight is 208 g/mol. The summed E-state index contributed by atoms with van der Waals surface area (Å²) in [6.07, 6.45) is 0. The van der Waals surface area contributed by atoms with E-state index in [1.807, 2.05) is 31.2 Å². The van der Waals surface area contributed by atoms with Crippen molar-refractivity contribution in [3.8, 4) is 0 Å². The van der Waals surface area contributed by atoms with Crippen molar-refractivity contribution in [2.24, 2.45) is 0 Å². The van der Waals surface area contributed by atoms with Crippen LogP contribution < -0.4 is 5.73 Å². The molecule has 1 heterocycles. The van der Waals surface area contributed by atoms with Crippen LogP contribution in [0, 0.1) is 6.92 Å². The van der Waals surface area contributed by atoms with Crippen LogP contribution >= 0.6 is 0 Å². The monoisotopic (exact) mass is 208 g/mol. The SMILES string of the molecule is Cc1cc(N)c2nc3ccccc3cc2c1. The second-order valence-corrected chi connectivity index (χ2v) is 4.11. The number of fused-ring (bicyclic) bond motifs is 2. The summed E-state index contributed by atoms with van der Waals surface area (Å²) in [6, 6.07) is 14.3. The lowest BCUT2D eigenvalue weighted by molar-refractivity contribution is 1.45. The summed E-state index contributed by atoms with van der Waals surface area (Å²) in [5.74, 6) is 0. The Labute approximate surface area is 93.7 Å². The van der Waals surface area contributed by atoms with E-state index in [0.717, 1.165) is 27.5 Å². The third kappa shape index (κ3) is 1.31. The Bertz CT molecular complexity index is 687. The number of nitrogens with zero attached hydrogens (tertiary/aromatic N) is 1. The maximum atomic E-state index is 5.99. The fraction of sp³-hybridized carbons (Fsp3) is 0.0714. The van der Waals surface area contributed by atoms with E-state index < -0.39 is 0 Å². The van der Waals surface area contributed by atoms with Gasteiger partial charge in [0.05, 0.1) is 16.7 Å². The van der Waals surface area contributed by atoms with Gasteiger partial charge in [0.15, 0.2) is 0 Å². The van der Waals surface area contributed by atoms with Gasteiger partial charge >= 0.3 is 0 Å². The van der Waals surface area contributed by atoms with Gasteiger partial charge in [-0.1, -0.05) is 18.2 Å². The van der Waals surface area contributed by atoms with Gasteiger partial charge < -0.3 is 5.73 Å². The molecule has 0 saturated carbocycles. The molecule has 0 saturated heterocycles. The number of aromatic nitrogens is 1. The molecular formula is C14H12N2. The topological polar surface area (TPSA) is 38.9 Å². The molecule has 1 aromatic heterocycles. The molecule has 0 bridgehead atoms. The van der Waals surface area contributed by atoms with Crippen LogP contribution in [0.15, 0.2) is 42.5 Å². The molecule has 3 rings (SSSR count). The molecule has 0 amide bonds. The normalized spacial score (nSPS) is 11.1. The molecule has 0 spiro atoms. The number of anilines is 1. The van der Waals surface area contributed by atoms with Crippen molar-refractivity contribution >= 4 is 27.5 Å². The zero-order valence-corrected chi connectivity index (χ0v) is 9.07. The molecule has 16 heavy (non-hydrogen) atoms. The average Bonchev–Trinajstić information content (AvgIpc) is 2.27. The zero-order chi connectivity index (χ0) is 11.1. The summed E-state index contributed by atoms with van der Waals surface area (Å²) in [4.78, 5) is 4.59. The van der Waals surface area contributed by atoms with Crippen LogP contribution in [-0.4, -0.2) is 4.98 Å². The number of nitrogen functional groups attached to an aromatic ring is 1. The summed E-state index contributed by atoms with van der Waals surface area (Å²) in [5, 5.41) is 2.26. The third-order valence-corrected chi connectivity index (χ3v) is 2.79. The predicted octanol–water partition coefficient (Wildman–Crippen LogP) is 3.28. The predicted molar refractivity (Wildman–Crippen MR) is 68.4 cm³/mol. The van der Waals surface area contributed by atoms with Gasteiger partial charge in [0.25, 0.3) is 0 Å². The molecule has 2 heteroatoms. The Kier molecular flexibility index (Phi) is 1.83. The van der Waals surface area contributed by atoms with Crippen molar-refractivity contribution in [3.63, 3.8) is 0 Å². The number of rotatable bonds is 0. The summed E-state index contributed by atoms with van der Waals surface area (Å²) in [6.45, 7) is 2.05. The van der Waals surface area contributed by atoms with E-state index in [2.05, 4.69) is 23.2 Å². The lowest BCUT2D eigenvalue weighted by Crippen LogP contribution is -1.91. The molecular weight excluding hydrogens is 196 g/mol. The summed E-state index contributed by atoms with van der Waals surface area (Å²) in [7, 11) is 0. The quantitative estimate of drug-likeness (QED) is 0.455. The Balaban J connectivity index is 2.51. The molecule has 0 atom stereocenters. The van der Waals surface area contributed by atoms with E-state index in [0.29, 0.717) is 0 Å². The Morgan fingerprint density at radius 2 is 1.81 bits per heavy atom. The molecule has 0 aliphatic carbocycles. The second kappa shape index (κ2) is 3.20. The van der Waals surface area contributed by atoms with Crippen molar-refractivity contribution in [1.29, 1.82) is 0 Å². The molecule has 3 aromatic rings. The lowest BCUT2D eigenvalue weighted by atomic mass is 10.1. The number of hydrogen-bond acceptors (Lipinski definition) is 2. The van der Waals surface area contributed by atoms with Crippen LogP contribution in [0.5, 0.6) is 0 Å². The van der Waals surface area contributed by atoms with E-state index in [1.165, 1.54) is 5.56 Å². The van der Waals surface area contributed by atoms with E-state index in [9.17, 15) is 0 Å². The zero-order valence-electron chi connectivity index (χ0n) is 9.07. The Hall–Kier alpha value is -2.09. The van der Waals surface area contributed by atoms with E-state index in [-0.39, 0.29) is 0 Å². The number of nitrogens with two attached hydrogens (primary N) is 1. The standard InChI is InChI=1S/C14H12N2/c1-9-6-11-8-10-4-2-3-5-13(10)16-14(11)12(15)7-9/h2-8H,15H2,1H3. The molecule has 0 unspecified atom stereocenters. The minimum atomic E-state index is 0.751. The number of para-hydroxylation sites is 1. The number of pyridine rings is 1. The number of aryl methyl sites for hydroxylation is 1. The molecule has 0 fully saturated rings. The van der Waals surface area contributed by atoms with Crippen LogP contribution in [0.3, 0.4) is 0 Å². The van der Waals surface area contributed by atoms with Crippen molar-refractivity contribution in [3.05, 3.63) is 48.0 Å². The van der Waals surface area contributed by atoms with Gasteiger partial charge in [-0.15, -0.1) is 0 Å². The maximum Gasteiger partial charge on any atom is 0.0939 e. The number of hydrogen-bond donors (Lipinski definition) is 1. The highest BCUT2D eigenvalue weighted by Gasteiger charge is 2.03. The Morgan fingerprint density at radius 1 is 1.00 bits per heavy atom. The van der Waals surface area contributed by atoms with Crippen LogP contribution in [0.2, 0.25) is 0 Å². The van der Waals surface area contributed by atoms with Crippen molar-refractivity contribution < 1.29 is 0 Å². The summed E-state index contributed by atoms with van der Waals surface area (Å²) >= 11 is 0. The fourth-order valence-corrected chi connectivity index (χ4v) is 2.07. The smallest absolute Gasteiger partial charge is 0.0939 e. The highest BCUT2D eigenvalue weighted by Crippen LogP contribution is 2.24. The first kappa shape index (κ1) is 9.16. The van der Waals surface area contributed by atoms with Gasteiger partial charge in [0.1, 0.15) is 0 Å². The molecule has 2 N–H and O–H groups in total. The van der Waals surface area contributed by atoms with Gasteiger partial charge in [-0.05, 0) is 36.8 Å². The second-order valence-electron chi connectivity index (χ2n) is 4.11. The van der Waals surface area contributed by atoms with E-state index in [4.69, 9.17) is 5.73 Å². The van der Waals surface area contributed by atoms with Gasteiger partial charge in [-0.3, -0.25) is 0 Å². The molecule has 2 aromatic carbocycles. The van der Waals surface area contributed by atoms with Gasteiger partial charge in [0.2, 0.25) is 0 Å². The first-order valence-corrected chi connectivity index (χ1v) is 5.30. The van der Waals surface area contributed by atoms with Crippen LogP contribution in [0.1, 0.15) is 5.56 Å². The maximum absolute atomic E-state index is 5.99. The minimum absolute atomic E-state index is 0.751. The van der Waals surface area contributed by atoms with Crippen LogP contribution in [0.25, 0.3) is 21.8 Å². The highest BCUT2D eigenvalue weighted by atomic mass is 14.7. The summed E-state index contributed by atoms with van der Waals surface area (Å²) < 4.78 is 0. The fourth-order valence-electron chi connectivity index (χ4n) is 2.07. The minimum Gasteiger partial charge on any atom is -0.397 e. The molecule has 0 aliphatic rings. The van der Waals surface area contributed by atoms with Crippen LogP contribution in [0.4, 0.5) is 5.69 Å².